The summed E-state index contributed by atoms with van der Waals surface area (Å²) in [5.74, 6) is 0.0827. The molecule has 2 aromatic rings. The van der Waals surface area contributed by atoms with Gasteiger partial charge in [0.1, 0.15) is 5.56 Å². The van der Waals surface area contributed by atoms with Crippen molar-refractivity contribution >= 4 is 11.6 Å². The number of fused-ring (bicyclic) bond motifs is 3. The number of aromatic nitrogens is 3. The van der Waals surface area contributed by atoms with Crippen molar-refractivity contribution < 1.29 is 4.79 Å². The van der Waals surface area contributed by atoms with Crippen molar-refractivity contribution in [3.05, 3.63) is 29.7 Å². The molecule has 2 aliphatic heterocycles. The van der Waals surface area contributed by atoms with Gasteiger partial charge in [0, 0.05) is 30.5 Å². The summed E-state index contributed by atoms with van der Waals surface area (Å²) in [5.41, 5.74) is 2.19. The Morgan fingerprint density at radius 1 is 1.33 bits per heavy atom. The molecule has 2 saturated heterocycles. The minimum Gasteiger partial charge on any atom is -0.331 e. The molecule has 4 rings (SSSR count). The van der Waals surface area contributed by atoms with E-state index in [-0.39, 0.29) is 5.91 Å². The largest absolute Gasteiger partial charge is 0.331 e. The van der Waals surface area contributed by atoms with E-state index in [0.717, 1.165) is 38.0 Å². The summed E-state index contributed by atoms with van der Waals surface area (Å²) < 4.78 is 1.68. The van der Waals surface area contributed by atoms with Crippen molar-refractivity contribution in [3.63, 3.8) is 0 Å². The first-order valence-corrected chi connectivity index (χ1v) is 7.58. The number of nitrogens with zero attached hydrogens (tertiary/aromatic N) is 4. The maximum atomic E-state index is 13.0. The molecule has 1 amide bonds. The van der Waals surface area contributed by atoms with Crippen LogP contribution in [-0.2, 0) is 0 Å². The lowest BCUT2D eigenvalue weighted by Gasteiger charge is -2.27. The highest BCUT2D eigenvalue weighted by atomic mass is 16.2. The van der Waals surface area contributed by atoms with Crippen LogP contribution < -0.4 is 5.32 Å². The van der Waals surface area contributed by atoms with Crippen LogP contribution in [-0.4, -0.2) is 50.6 Å². The summed E-state index contributed by atoms with van der Waals surface area (Å²) in [4.78, 5) is 19.6. The van der Waals surface area contributed by atoms with Crippen molar-refractivity contribution in [2.45, 2.75) is 38.3 Å². The Balaban J connectivity index is 1.74. The minimum atomic E-state index is 0.0827. The summed E-state index contributed by atoms with van der Waals surface area (Å²) >= 11 is 0. The van der Waals surface area contributed by atoms with Crippen LogP contribution in [0.5, 0.6) is 0 Å². The lowest BCUT2D eigenvalue weighted by molar-refractivity contribution is 0.0682. The quantitative estimate of drug-likeness (QED) is 0.849. The van der Waals surface area contributed by atoms with Gasteiger partial charge >= 0.3 is 0 Å². The summed E-state index contributed by atoms with van der Waals surface area (Å²) in [6.45, 7) is 3.83. The normalized spacial score (nSPS) is 25.3. The third-order valence-electron chi connectivity index (χ3n) is 4.63. The molecule has 2 aromatic heterocycles. The van der Waals surface area contributed by atoms with Gasteiger partial charge in [-0.05, 0) is 38.8 Å². The van der Waals surface area contributed by atoms with Crippen LogP contribution in [0.15, 0.2) is 18.5 Å². The van der Waals surface area contributed by atoms with Crippen molar-refractivity contribution in [2.24, 2.45) is 0 Å². The molecule has 0 aromatic carbocycles. The zero-order valence-electron chi connectivity index (χ0n) is 12.1. The molecule has 110 valence electrons. The van der Waals surface area contributed by atoms with Gasteiger partial charge < -0.3 is 10.2 Å². The van der Waals surface area contributed by atoms with Crippen LogP contribution in [0.25, 0.3) is 5.65 Å². The fourth-order valence-corrected chi connectivity index (χ4v) is 3.56. The second-order valence-corrected chi connectivity index (χ2v) is 5.99. The summed E-state index contributed by atoms with van der Waals surface area (Å²) in [6.07, 6.45) is 6.75. The second-order valence-electron chi connectivity index (χ2n) is 5.99. The Labute approximate surface area is 123 Å². The molecular weight excluding hydrogens is 266 g/mol. The molecule has 21 heavy (non-hydrogen) atoms. The molecule has 4 heterocycles. The molecule has 0 radical (unpaired) electrons. The first kappa shape index (κ1) is 12.8. The van der Waals surface area contributed by atoms with Crippen LogP contribution in [0.1, 0.15) is 35.3 Å². The summed E-state index contributed by atoms with van der Waals surface area (Å²) in [5, 5.41) is 7.69. The van der Waals surface area contributed by atoms with E-state index in [9.17, 15) is 4.79 Å². The van der Waals surface area contributed by atoms with Crippen LogP contribution in [0.2, 0.25) is 0 Å². The molecule has 1 N–H and O–H groups in total. The Morgan fingerprint density at radius 2 is 2.19 bits per heavy atom. The van der Waals surface area contributed by atoms with Gasteiger partial charge in [0.15, 0.2) is 5.65 Å². The second kappa shape index (κ2) is 4.80. The van der Waals surface area contributed by atoms with Gasteiger partial charge in [-0.1, -0.05) is 0 Å². The maximum absolute atomic E-state index is 13.0. The van der Waals surface area contributed by atoms with Gasteiger partial charge in [-0.15, -0.1) is 0 Å². The lowest BCUT2D eigenvalue weighted by Crippen LogP contribution is -2.42. The van der Waals surface area contributed by atoms with E-state index in [1.165, 1.54) is 0 Å². The number of aryl methyl sites for hydroxylation is 1. The molecular formula is C15H19N5O. The number of hydrogen-bond acceptors (Lipinski definition) is 4. The highest BCUT2D eigenvalue weighted by Gasteiger charge is 2.39. The molecule has 6 heteroatoms. The van der Waals surface area contributed by atoms with Crippen molar-refractivity contribution in [2.75, 3.05) is 13.1 Å². The van der Waals surface area contributed by atoms with Crippen molar-refractivity contribution in [3.8, 4) is 0 Å². The lowest BCUT2D eigenvalue weighted by atomic mass is 10.1. The van der Waals surface area contributed by atoms with Gasteiger partial charge in [0.05, 0.1) is 6.20 Å². The van der Waals surface area contributed by atoms with Gasteiger partial charge in [0.25, 0.3) is 5.91 Å². The monoisotopic (exact) mass is 285 g/mol. The van der Waals surface area contributed by atoms with Crippen molar-refractivity contribution in [1.82, 2.24) is 24.8 Å². The number of carbonyl (C=O) groups excluding carboxylic acids is 1. The number of carbonyl (C=O) groups is 1. The van der Waals surface area contributed by atoms with Crippen LogP contribution in [0.3, 0.4) is 0 Å². The zero-order valence-corrected chi connectivity index (χ0v) is 12.1. The molecule has 2 bridgehead atoms. The van der Waals surface area contributed by atoms with Crippen molar-refractivity contribution in [1.29, 1.82) is 0 Å². The average molecular weight is 285 g/mol. The van der Waals surface area contributed by atoms with E-state index >= 15 is 0 Å². The van der Waals surface area contributed by atoms with E-state index < -0.39 is 0 Å². The highest BCUT2D eigenvalue weighted by Crippen LogP contribution is 2.30. The molecule has 6 nitrogen and oxygen atoms in total. The highest BCUT2D eigenvalue weighted by molar-refractivity contribution is 6.00. The Morgan fingerprint density at radius 3 is 3.10 bits per heavy atom. The van der Waals surface area contributed by atoms with E-state index in [0.29, 0.717) is 23.3 Å². The standard InChI is InChI=1S/C15H19N5O/c1-10-5-7-19-14(18-10)13(9-17-19)15(21)20-11-2-3-12(20)8-16-6-4-11/h5,7,9,11-12,16H,2-4,6,8H2,1H3. The number of amides is 1. The van der Waals surface area contributed by atoms with E-state index in [1.54, 1.807) is 10.7 Å². The first-order valence-electron chi connectivity index (χ1n) is 7.58. The van der Waals surface area contributed by atoms with E-state index in [2.05, 4.69) is 20.3 Å². The Kier molecular flexibility index (Phi) is 2.92. The molecule has 0 saturated carbocycles. The number of hydrogen-bond donors (Lipinski definition) is 1. The summed E-state index contributed by atoms with van der Waals surface area (Å²) in [7, 11) is 0. The Hall–Kier alpha value is -1.95. The molecule has 0 aliphatic carbocycles. The fourth-order valence-electron chi connectivity index (χ4n) is 3.56. The number of nitrogens with one attached hydrogen (secondary N) is 1. The zero-order chi connectivity index (χ0) is 14.4. The number of rotatable bonds is 1. The smallest absolute Gasteiger partial charge is 0.259 e. The molecule has 2 atom stereocenters. The molecule has 2 fully saturated rings. The van der Waals surface area contributed by atoms with Gasteiger partial charge in [-0.2, -0.15) is 5.10 Å². The molecule has 0 spiro atoms. The first-order chi connectivity index (χ1) is 10.2. The predicted octanol–water partition coefficient (Wildman–Crippen LogP) is 1.00. The van der Waals surface area contributed by atoms with E-state index in [1.807, 2.05) is 19.2 Å². The fraction of sp³-hybridized carbons (Fsp3) is 0.533. The maximum Gasteiger partial charge on any atom is 0.259 e. The molecule has 2 aliphatic rings. The van der Waals surface area contributed by atoms with Gasteiger partial charge in [-0.3, -0.25) is 4.79 Å². The molecule has 2 unspecified atom stereocenters. The minimum absolute atomic E-state index is 0.0827. The van der Waals surface area contributed by atoms with Gasteiger partial charge in [-0.25, -0.2) is 9.50 Å². The predicted molar refractivity (Wildman–Crippen MR) is 78.2 cm³/mol. The van der Waals surface area contributed by atoms with E-state index in [4.69, 9.17) is 0 Å². The third kappa shape index (κ3) is 2.01. The van der Waals surface area contributed by atoms with Crippen LogP contribution in [0.4, 0.5) is 0 Å². The third-order valence-corrected chi connectivity index (χ3v) is 4.63. The van der Waals surface area contributed by atoms with Crippen LogP contribution in [0, 0.1) is 6.92 Å². The van der Waals surface area contributed by atoms with Crippen LogP contribution >= 0.6 is 0 Å². The SMILES string of the molecule is Cc1ccn2ncc(C(=O)N3C4CCNCC3CC4)c2n1. The topological polar surface area (TPSA) is 62.5 Å². The summed E-state index contributed by atoms with van der Waals surface area (Å²) in [6, 6.07) is 2.57. The van der Waals surface area contributed by atoms with Gasteiger partial charge in [0.2, 0.25) is 0 Å². The Bertz CT molecular complexity index is 680. The average Bonchev–Trinajstić information content (AvgIpc) is 2.97.